The van der Waals surface area contributed by atoms with Crippen molar-refractivity contribution in [3.63, 3.8) is 0 Å². The second kappa shape index (κ2) is 9.70. The fraction of sp³-hybridized carbons (Fsp3) is 0.696. The van der Waals surface area contributed by atoms with Gasteiger partial charge in [0, 0.05) is 37.1 Å². The van der Waals surface area contributed by atoms with Crippen molar-refractivity contribution in [2.24, 2.45) is 4.99 Å². The van der Waals surface area contributed by atoms with E-state index in [-0.39, 0.29) is 5.41 Å². The predicted octanol–water partition coefficient (Wildman–Crippen LogP) is 3.16. The molecule has 2 heterocycles. The summed E-state index contributed by atoms with van der Waals surface area (Å²) in [5, 5.41) is 7.08. The smallest absolute Gasteiger partial charge is 0.191 e. The first kappa shape index (κ1) is 21.8. The van der Waals surface area contributed by atoms with Crippen LogP contribution >= 0.6 is 0 Å². The van der Waals surface area contributed by atoms with Gasteiger partial charge in [0.2, 0.25) is 0 Å². The van der Waals surface area contributed by atoms with Gasteiger partial charge in [-0.15, -0.1) is 0 Å². The lowest BCUT2D eigenvalue weighted by atomic mass is 9.84. The summed E-state index contributed by atoms with van der Waals surface area (Å²) in [5.41, 5.74) is 1.12. The number of nitrogens with zero attached hydrogens (tertiary/aromatic N) is 2. The first-order chi connectivity index (χ1) is 13.9. The number of aliphatic imine (C=N–C) groups is 1. The molecule has 2 aliphatic rings. The van der Waals surface area contributed by atoms with Crippen LogP contribution in [0, 0.1) is 0 Å². The zero-order valence-electron chi connectivity index (χ0n) is 18.8. The number of piperidine rings is 1. The highest BCUT2D eigenvalue weighted by Gasteiger charge is 2.25. The maximum absolute atomic E-state index is 5.76. The van der Waals surface area contributed by atoms with Gasteiger partial charge in [0.25, 0.3) is 0 Å². The number of hydrogen-bond acceptors (Lipinski definition) is 4. The molecule has 0 spiro atoms. The maximum Gasteiger partial charge on any atom is 0.191 e. The van der Waals surface area contributed by atoms with Crippen LogP contribution < -0.4 is 20.1 Å². The molecule has 0 radical (unpaired) electrons. The molecule has 0 bridgehead atoms. The van der Waals surface area contributed by atoms with Crippen molar-refractivity contribution in [2.45, 2.75) is 65.0 Å². The quantitative estimate of drug-likeness (QED) is 0.565. The Balaban J connectivity index is 1.63. The molecule has 2 aliphatic heterocycles. The Bertz CT molecular complexity index is 694. The third kappa shape index (κ3) is 5.78. The molecule has 1 aromatic carbocycles. The molecule has 6 nitrogen and oxygen atoms in total. The van der Waals surface area contributed by atoms with E-state index in [0.717, 1.165) is 49.9 Å². The van der Waals surface area contributed by atoms with Crippen molar-refractivity contribution in [1.82, 2.24) is 15.5 Å². The molecule has 29 heavy (non-hydrogen) atoms. The van der Waals surface area contributed by atoms with E-state index in [2.05, 4.69) is 62.3 Å². The van der Waals surface area contributed by atoms with Crippen LogP contribution in [-0.4, -0.2) is 62.3 Å². The summed E-state index contributed by atoms with van der Waals surface area (Å²) in [7, 11) is 0. The topological polar surface area (TPSA) is 58.1 Å². The molecular formula is C23H38N4O2. The molecule has 2 N–H and O–H groups in total. The third-order valence-corrected chi connectivity index (χ3v) is 5.90. The molecule has 6 heteroatoms. The second-order valence-electron chi connectivity index (χ2n) is 8.99. The van der Waals surface area contributed by atoms with E-state index in [1.165, 1.54) is 5.56 Å². The van der Waals surface area contributed by atoms with Crippen LogP contribution in [0.15, 0.2) is 23.2 Å². The van der Waals surface area contributed by atoms with Crippen molar-refractivity contribution < 1.29 is 9.47 Å². The summed E-state index contributed by atoms with van der Waals surface area (Å²) < 4.78 is 11.4. The average Bonchev–Trinajstić information content (AvgIpc) is 2.72. The minimum absolute atomic E-state index is 0.0980. The Morgan fingerprint density at radius 2 is 1.86 bits per heavy atom. The number of fused-ring (bicyclic) bond motifs is 1. The number of rotatable bonds is 6. The van der Waals surface area contributed by atoms with E-state index in [1.54, 1.807) is 0 Å². The number of guanidine groups is 1. The molecule has 1 aromatic rings. The lowest BCUT2D eigenvalue weighted by Crippen LogP contribution is -2.50. The molecule has 1 fully saturated rings. The lowest BCUT2D eigenvalue weighted by molar-refractivity contribution is 0.167. The van der Waals surface area contributed by atoms with Gasteiger partial charge < -0.3 is 25.0 Å². The molecular weight excluding hydrogens is 364 g/mol. The molecule has 0 aromatic heterocycles. The molecule has 0 unspecified atom stereocenters. The molecule has 0 amide bonds. The number of nitrogens with one attached hydrogen (secondary N) is 2. The van der Waals surface area contributed by atoms with Crippen LogP contribution in [0.25, 0.3) is 0 Å². The zero-order chi connectivity index (χ0) is 20.9. The van der Waals surface area contributed by atoms with Gasteiger partial charge in [0.05, 0.1) is 6.54 Å². The van der Waals surface area contributed by atoms with Crippen molar-refractivity contribution in [3.8, 4) is 11.5 Å². The average molecular weight is 403 g/mol. The van der Waals surface area contributed by atoms with E-state index in [0.29, 0.717) is 31.8 Å². The monoisotopic (exact) mass is 402 g/mol. The Morgan fingerprint density at radius 1 is 1.17 bits per heavy atom. The van der Waals surface area contributed by atoms with Gasteiger partial charge in [-0.05, 0) is 51.3 Å². The lowest BCUT2D eigenvalue weighted by Gasteiger charge is -2.35. The fourth-order valence-corrected chi connectivity index (χ4v) is 3.91. The molecule has 162 valence electrons. The van der Waals surface area contributed by atoms with Gasteiger partial charge >= 0.3 is 0 Å². The maximum atomic E-state index is 5.76. The number of ether oxygens (including phenoxy) is 2. The summed E-state index contributed by atoms with van der Waals surface area (Å²) in [4.78, 5) is 7.48. The van der Waals surface area contributed by atoms with Gasteiger partial charge in [-0.2, -0.15) is 0 Å². The van der Waals surface area contributed by atoms with Gasteiger partial charge in [0.1, 0.15) is 13.2 Å². The van der Waals surface area contributed by atoms with Crippen LogP contribution in [0.2, 0.25) is 0 Å². The van der Waals surface area contributed by atoms with Crippen LogP contribution in [0.3, 0.4) is 0 Å². The molecule has 3 rings (SSSR count). The summed E-state index contributed by atoms with van der Waals surface area (Å²) in [6.45, 7) is 16.2. The van der Waals surface area contributed by atoms with Crippen molar-refractivity contribution in [1.29, 1.82) is 0 Å². The number of hydrogen-bond donors (Lipinski definition) is 2. The van der Waals surface area contributed by atoms with Crippen LogP contribution in [-0.2, 0) is 5.41 Å². The standard InChI is InChI=1S/C23H38N4O2/c1-6-24-22(26-19-9-11-27(12-10-19)17(2)3)25-16-23(4,5)18-7-8-20-21(15-18)29-14-13-28-20/h7-8,15,17,19H,6,9-14,16H2,1-5H3,(H2,24,25,26). The highest BCUT2D eigenvalue weighted by atomic mass is 16.6. The van der Waals surface area contributed by atoms with E-state index in [4.69, 9.17) is 14.5 Å². The van der Waals surface area contributed by atoms with E-state index in [9.17, 15) is 0 Å². The third-order valence-electron chi connectivity index (χ3n) is 5.90. The van der Waals surface area contributed by atoms with Crippen LogP contribution in [0.4, 0.5) is 0 Å². The summed E-state index contributed by atoms with van der Waals surface area (Å²) in [6, 6.07) is 7.36. The van der Waals surface area contributed by atoms with Crippen LogP contribution in [0.1, 0.15) is 53.0 Å². The first-order valence-corrected chi connectivity index (χ1v) is 11.1. The van der Waals surface area contributed by atoms with Gasteiger partial charge in [0.15, 0.2) is 17.5 Å². The minimum atomic E-state index is -0.0980. The molecule has 0 atom stereocenters. The normalized spacial score (nSPS) is 18.8. The van der Waals surface area contributed by atoms with Gasteiger partial charge in [-0.1, -0.05) is 19.9 Å². The number of likely N-dealkylation sites (tertiary alicyclic amines) is 1. The van der Waals surface area contributed by atoms with E-state index >= 15 is 0 Å². The zero-order valence-corrected chi connectivity index (χ0v) is 18.8. The van der Waals surface area contributed by atoms with E-state index < -0.39 is 0 Å². The first-order valence-electron chi connectivity index (χ1n) is 11.1. The molecule has 0 aliphatic carbocycles. The fourth-order valence-electron chi connectivity index (χ4n) is 3.91. The van der Waals surface area contributed by atoms with Crippen LogP contribution in [0.5, 0.6) is 11.5 Å². The van der Waals surface area contributed by atoms with Gasteiger partial charge in [-0.3, -0.25) is 4.99 Å². The molecule has 0 saturated carbocycles. The largest absolute Gasteiger partial charge is 0.486 e. The Hall–Kier alpha value is -1.95. The Morgan fingerprint density at radius 3 is 2.52 bits per heavy atom. The minimum Gasteiger partial charge on any atom is -0.486 e. The second-order valence-corrected chi connectivity index (χ2v) is 8.99. The molecule has 1 saturated heterocycles. The SMILES string of the molecule is CCNC(=NCC(C)(C)c1ccc2c(c1)OCCO2)NC1CCN(C(C)C)CC1. The summed E-state index contributed by atoms with van der Waals surface area (Å²) >= 11 is 0. The summed E-state index contributed by atoms with van der Waals surface area (Å²) in [5.74, 6) is 2.59. The Labute approximate surface area is 176 Å². The summed E-state index contributed by atoms with van der Waals surface area (Å²) in [6.07, 6.45) is 2.32. The van der Waals surface area contributed by atoms with E-state index in [1.807, 2.05) is 6.07 Å². The predicted molar refractivity (Wildman–Crippen MR) is 119 cm³/mol. The van der Waals surface area contributed by atoms with Crippen molar-refractivity contribution >= 4 is 5.96 Å². The highest BCUT2D eigenvalue weighted by molar-refractivity contribution is 5.80. The Kier molecular flexibility index (Phi) is 7.28. The van der Waals surface area contributed by atoms with Crippen molar-refractivity contribution in [2.75, 3.05) is 39.4 Å². The number of benzene rings is 1. The highest BCUT2D eigenvalue weighted by Crippen LogP contribution is 2.35. The van der Waals surface area contributed by atoms with Gasteiger partial charge in [-0.25, -0.2) is 0 Å². The van der Waals surface area contributed by atoms with Crippen molar-refractivity contribution in [3.05, 3.63) is 23.8 Å².